The maximum atomic E-state index is 13.1. The molecule has 2 aliphatic heterocycles. The molecular weight excluding hydrogens is 356 g/mol. The van der Waals surface area contributed by atoms with E-state index in [1.807, 2.05) is 41.3 Å². The van der Waals surface area contributed by atoms with Crippen LogP contribution in [0.4, 0.5) is 0 Å². The van der Waals surface area contributed by atoms with Crippen LogP contribution in [-0.4, -0.2) is 55.7 Å². The number of carbonyl (C=O) groups excluding carboxylic acids is 1. The van der Waals surface area contributed by atoms with Gasteiger partial charge in [0.05, 0.1) is 20.3 Å². The SMILES string of the molecule is COc1cccc2c1OCCCN(C(=O)CN1CCOc3ccccc3C1)C2. The zero-order chi connectivity index (χ0) is 19.3. The number of para-hydroxylation sites is 2. The maximum absolute atomic E-state index is 13.1. The summed E-state index contributed by atoms with van der Waals surface area (Å²) in [6, 6.07) is 13.9. The van der Waals surface area contributed by atoms with Crippen LogP contribution in [0.1, 0.15) is 17.5 Å². The first-order valence-corrected chi connectivity index (χ1v) is 9.74. The minimum absolute atomic E-state index is 0.134. The lowest BCUT2D eigenvalue weighted by atomic mass is 10.1. The van der Waals surface area contributed by atoms with E-state index in [1.165, 1.54) is 0 Å². The molecule has 6 heteroatoms. The maximum Gasteiger partial charge on any atom is 0.237 e. The molecule has 2 aliphatic rings. The second kappa shape index (κ2) is 8.52. The number of hydrogen-bond donors (Lipinski definition) is 0. The fourth-order valence-electron chi connectivity index (χ4n) is 3.74. The van der Waals surface area contributed by atoms with Crippen molar-refractivity contribution in [3.05, 3.63) is 53.6 Å². The summed E-state index contributed by atoms with van der Waals surface area (Å²) >= 11 is 0. The van der Waals surface area contributed by atoms with Crippen molar-refractivity contribution in [2.45, 2.75) is 19.5 Å². The van der Waals surface area contributed by atoms with Gasteiger partial charge in [-0.05, 0) is 18.6 Å². The zero-order valence-electron chi connectivity index (χ0n) is 16.2. The number of nitrogens with zero attached hydrogens (tertiary/aromatic N) is 2. The van der Waals surface area contributed by atoms with Crippen molar-refractivity contribution < 1.29 is 19.0 Å². The van der Waals surface area contributed by atoms with E-state index in [4.69, 9.17) is 14.2 Å². The first-order valence-electron chi connectivity index (χ1n) is 9.74. The zero-order valence-corrected chi connectivity index (χ0v) is 16.2. The van der Waals surface area contributed by atoms with Crippen molar-refractivity contribution in [3.63, 3.8) is 0 Å². The van der Waals surface area contributed by atoms with Crippen LogP contribution in [0, 0.1) is 0 Å². The molecule has 2 aromatic carbocycles. The van der Waals surface area contributed by atoms with E-state index >= 15 is 0 Å². The predicted molar refractivity (Wildman–Crippen MR) is 106 cm³/mol. The average Bonchev–Trinajstić information content (AvgIpc) is 2.89. The third kappa shape index (κ3) is 4.07. The second-order valence-electron chi connectivity index (χ2n) is 7.13. The molecule has 0 fully saturated rings. The van der Waals surface area contributed by atoms with Gasteiger partial charge in [-0.3, -0.25) is 9.69 Å². The molecular formula is C22H26N2O4. The summed E-state index contributed by atoms with van der Waals surface area (Å²) in [5.41, 5.74) is 2.11. The monoisotopic (exact) mass is 382 g/mol. The van der Waals surface area contributed by atoms with E-state index in [0.717, 1.165) is 42.1 Å². The topological polar surface area (TPSA) is 51.2 Å². The van der Waals surface area contributed by atoms with Crippen LogP contribution in [-0.2, 0) is 17.9 Å². The van der Waals surface area contributed by atoms with Gasteiger partial charge in [0.15, 0.2) is 11.5 Å². The number of amides is 1. The Labute approximate surface area is 165 Å². The van der Waals surface area contributed by atoms with Gasteiger partial charge in [-0.25, -0.2) is 0 Å². The molecule has 28 heavy (non-hydrogen) atoms. The molecule has 2 aromatic rings. The van der Waals surface area contributed by atoms with Crippen LogP contribution in [0.5, 0.6) is 17.2 Å². The van der Waals surface area contributed by atoms with Gasteiger partial charge in [-0.1, -0.05) is 30.3 Å². The number of methoxy groups -OCH3 is 1. The summed E-state index contributed by atoms with van der Waals surface area (Å²) in [6.45, 7) is 4.24. The Hall–Kier alpha value is -2.73. The van der Waals surface area contributed by atoms with E-state index in [0.29, 0.717) is 38.6 Å². The third-order valence-electron chi connectivity index (χ3n) is 5.20. The summed E-state index contributed by atoms with van der Waals surface area (Å²) in [7, 11) is 1.64. The lowest BCUT2D eigenvalue weighted by Gasteiger charge is -2.29. The van der Waals surface area contributed by atoms with Crippen LogP contribution in [0.15, 0.2) is 42.5 Å². The summed E-state index contributed by atoms with van der Waals surface area (Å²) in [6.07, 6.45) is 0.801. The Bertz CT molecular complexity index is 839. The molecule has 1 amide bonds. The summed E-state index contributed by atoms with van der Waals surface area (Å²) in [4.78, 5) is 17.2. The minimum Gasteiger partial charge on any atom is -0.493 e. The Morgan fingerprint density at radius 3 is 2.75 bits per heavy atom. The van der Waals surface area contributed by atoms with Gasteiger partial charge in [0.1, 0.15) is 12.4 Å². The fraction of sp³-hybridized carbons (Fsp3) is 0.409. The van der Waals surface area contributed by atoms with Crippen LogP contribution in [0.3, 0.4) is 0 Å². The van der Waals surface area contributed by atoms with Gasteiger partial charge in [0.2, 0.25) is 5.91 Å². The van der Waals surface area contributed by atoms with Gasteiger partial charge in [-0.15, -0.1) is 0 Å². The number of ether oxygens (including phenoxy) is 3. The highest BCUT2D eigenvalue weighted by atomic mass is 16.5. The summed E-state index contributed by atoms with van der Waals surface area (Å²) < 4.78 is 17.1. The molecule has 0 unspecified atom stereocenters. The van der Waals surface area contributed by atoms with Gasteiger partial charge < -0.3 is 19.1 Å². The van der Waals surface area contributed by atoms with E-state index in [1.54, 1.807) is 7.11 Å². The van der Waals surface area contributed by atoms with Crippen molar-refractivity contribution in [2.24, 2.45) is 0 Å². The Morgan fingerprint density at radius 2 is 1.86 bits per heavy atom. The van der Waals surface area contributed by atoms with Crippen molar-refractivity contribution >= 4 is 5.91 Å². The number of carbonyl (C=O) groups is 1. The normalized spacial score (nSPS) is 17.1. The van der Waals surface area contributed by atoms with Gasteiger partial charge in [0, 0.05) is 37.3 Å². The molecule has 0 bridgehead atoms. The highest BCUT2D eigenvalue weighted by Gasteiger charge is 2.24. The van der Waals surface area contributed by atoms with Crippen LogP contribution in [0.25, 0.3) is 0 Å². The molecule has 0 spiro atoms. The minimum atomic E-state index is 0.134. The van der Waals surface area contributed by atoms with E-state index in [2.05, 4.69) is 11.0 Å². The first kappa shape index (κ1) is 18.6. The van der Waals surface area contributed by atoms with Crippen LogP contribution < -0.4 is 14.2 Å². The molecule has 0 aliphatic carbocycles. The standard InChI is InChI=1S/C22H26N2O4/c1-26-20-9-4-7-18-15-24(10-5-12-28-22(18)20)21(25)16-23-11-13-27-19-8-3-2-6-17(19)14-23/h2-4,6-9H,5,10-16H2,1H3. The van der Waals surface area contributed by atoms with Crippen molar-refractivity contribution in [2.75, 3.05) is 40.0 Å². The Balaban J connectivity index is 1.47. The van der Waals surface area contributed by atoms with Crippen LogP contribution >= 0.6 is 0 Å². The summed E-state index contributed by atoms with van der Waals surface area (Å²) in [5, 5.41) is 0. The highest BCUT2D eigenvalue weighted by Crippen LogP contribution is 2.33. The average molecular weight is 382 g/mol. The van der Waals surface area contributed by atoms with Crippen LogP contribution in [0.2, 0.25) is 0 Å². The lowest BCUT2D eigenvalue weighted by molar-refractivity contribution is -0.133. The number of rotatable bonds is 3. The number of hydrogen-bond acceptors (Lipinski definition) is 5. The smallest absolute Gasteiger partial charge is 0.237 e. The molecule has 148 valence electrons. The Morgan fingerprint density at radius 1 is 1.00 bits per heavy atom. The van der Waals surface area contributed by atoms with Crippen molar-refractivity contribution in [1.82, 2.24) is 9.80 Å². The fourth-order valence-corrected chi connectivity index (χ4v) is 3.74. The molecule has 0 N–H and O–H groups in total. The van der Waals surface area contributed by atoms with Gasteiger partial charge >= 0.3 is 0 Å². The van der Waals surface area contributed by atoms with Gasteiger partial charge in [-0.2, -0.15) is 0 Å². The molecule has 2 heterocycles. The quantitative estimate of drug-likeness (QED) is 0.817. The van der Waals surface area contributed by atoms with E-state index in [9.17, 15) is 4.79 Å². The predicted octanol–water partition coefficient (Wildman–Crippen LogP) is 2.70. The third-order valence-corrected chi connectivity index (χ3v) is 5.20. The summed E-state index contributed by atoms with van der Waals surface area (Å²) in [5.74, 6) is 2.52. The molecule has 0 aromatic heterocycles. The van der Waals surface area contributed by atoms with Crippen molar-refractivity contribution in [3.8, 4) is 17.2 Å². The number of fused-ring (bicyclic) bond motifs is 2. The molecule has 0 saturated carbocycles. The Kier molecular flexibility index (Phi) is 5.67. The largest absolute Gasteiger partial charge is 0.493 e. The first-order chi connectivity index (χ1) is 13.7. The lowest BCUT2D eigenvalue weighted by Crippen LogP contribution is -2.41. The van der Waals surface area contributed by atoms with E-state index < -0.39 is 0 Å². The molecule has 0 atom stereocenters. The highest BCUT2D eigenvalue weighted by molar-refractivity contribution is 5.78. The van der Waals surface area contributed by atoms with Gasteiger partial charge in [0.25, 0.3) is 0 Å². The molecule has 6 nitrogen and oxygen atoms in total. The molecule has 0 radical (unpaired) electrons. The second-order valence-corrected chi connectivity index (χ2v) is 7.13. The van der Waals surface area contributed by atoms with E-state index in [-0.39, 0.29) is 5.91 Å². The molecule has 0 saturated heterocycles. The van der Waals surface area contributed by atoms with Crippen molar-refractivity contribution in [1.29, 1.82) is 0 Å². The molecule has 4 rings (SSSR count). The number of benzene rings is 2.